The first-order chi connectivity index (χ1) is 9.01. The van der Waals surface area contributed by atoms with E-state index in [0.717, 1.165) is 36.3 Å². The molecule has 3 atom stereocenters. The van der Waals surface area contributed by atoms with E-state index in [4.69, 9.17) is 9.47 Å². The average Bonchev–Trinajstić information content (AvgIpc) is 2.42. The lowest BCUT2D eigenvalue weighted by molar-refractivity contribution is -0.0603. The predicted molar refractivity (Wildman–Crippen MR) is 75.6 cm³/mol. The van der Waals surface area contributed by atoms with Crippen LogP contribution >= 0.6 is 0 Å². The van der Waals surface area contributed by atoms with Gasteiger partial charge in [0, 0.05) is 5.56 Å². The second-order valence-electron chi connectivity index (χ2n) is 5.77. The third-order valence-electron chi connectivity index (χ3n) is 4.46. The molecular weight excluding hydrogens is 240 g/mol. The molecule has 1 saturated carbocycles. The maximum atomic E-state index is 11.1. The zero-order valence-electron chi connectivity index (χ0n) is 12.3. The summed E-state index contributed by atoms with van der Waals surface area (Å²) in [6.45, 7) is 4.37. The smallest absolute Gasteiger partial charge is 0.125 e. The van der Waals surface area contributed by atoms with Gasteiger partial charge in [0.05, 0.1) is 19.8 Å². The van der Waals surface area contributed by atoms with Gasteiger partial charge in [0.2, 0.25) is 0 Å². The van der Waals surface area contributed by atoms with Crippen molar-refractivity contribution in [1.82, 2.24) is 0 Å². The summed E-state index contributed by atoms with van der Waals surface area (Å²) in [7, 11) is 3.28. The van der Waals surface area contributed by atoms with Crippen molar-refractivity contribution in [2.75, 3.05) is 14.2 Å². The van der Waals surface area contributed by atoms with E-state index in [0.29, 0.717) is 5.92 Å². The number of aliphatic hydroxyl groups is 1. The summed E-state index contributed by atoms with van der Waals surface area (Å²) in [6, 6.07) is 5.64. The fourth-order valence-corrected chi connectivity index (χ4v) is 3.18. The maximum Gasteiger partial charge on any atom is 0.125 e. The molecule has 3 unspecified atom stereocenters. The molecule has 19 heavy (non-hydrogen) atoms. The van der Waals surface area contributed by atoms with Crippen LogP contribution in [0.3, 0.4) is 0 Å². The molecule has 1 aromatic carbocycles. The van der Waals surface area contributed by atoms with E-state index in [1.54, 1.807) is 14.2 Å². The van der Waals surface area contributed by atoms with Crippen molar-refractivity contribution in [3.63, 3.8) is 0 Å². The van der Waals surface area contributed by atoms with E-state index < -0.39 is 5.60 Å². The number of rotatable bonds is 3. The highest BCUT2D eigenvalue weighted by Gasteiger charge is 2.41. The van der Waals surface area contributed by atoms with Crippen molar-refractivity contribution < 1.29 is 14.6 Å². The number of ether oxygens (including phenoxy) is 2. The normalized spacial score (nSPS) is 31.0. The van der Waals surface area contributed by atoms with Crippen LogP contribution in [0.15, 0.2) is 18.2 Å². The highest BCUT2D eigenvalue weighted by atomic mass is 16.5. The molecule has 0 aliphatic heterocycles. The Balaban J connectivity index is 2.43. The number of methoxy groups -OCH3 is 2. The van der Waals surface area contributed by atoms with Gasteiger partial charge in [0.25, 0.3) is 0 Å². The Morgan fingerprint density at radius 3 is 2.53 bits per heavy atom. The quantitative estimate of drug-likeness (QED) is 0.910. The molecule has 1 aromatic rings. The molecule has 0 heterocycles. The molecular formula is C16H24O3. The van der Waals surface area contributed by atoms with E-state index in [-0.39, 0.29) is 5.92 Å². The topological polar surface area (TPSA) is 38.7 Å². The van der Waals surface area contributed by atoms with Gasteiger partial charge in [-0.2, -0.15) is 0 Å². The molecule has 1 fully saturated rings. The molecule has 0 spiro atoms. The first kappa shape index (κ1) is 14.2. The van der Waals surface area contributed by atoms with Gasteiger partial charge in [0.1, 0.15) is 11.5 Å². The molecule has 0 amide bonds. The van der Waals surface area contributed by atoms with Crippen molar-refractivity contribution in [3.8, 4) is 11.5 Å². The first-order valence-electron chi connectivity index (χ1n) is 6.96. The Bertz CT molecular complexity index is 444. The summed E-state index contributed by atoms with van der Waals surface area (Å²) in [5, 5.41) is 11.1. The summed E-state index contributed by atoms with van der Waals surface area (Å²) >= 11 is 0. The molecule has 3 nitrogen and oxygen atoms in total. The summed E-state index contributed by atoms with van der Waals surface area (Å²) in [5.41, 5.74) is 0.0422. The highest BCUT2D eigenvalue weighted by molar-refractivity contribution is 5.44. The minimum absolute atomic E-state index is 0.220. The second-order valence-corrected chi connectivity index (χ2v) is 5.77. The number of hydrogen-bond donors (Lipinski definition) is 1. The fraction of sp³-hybridized carbons (Fsp3) is 0.625. The monoisotopic (exact) mass is 264 g/mol. The summed E-state index contributed by atoms with van der Waals surface area (Å²) in [5.74, 6) is 2.39. The van der Waals surface area contributed by atoms with Gasteiger partial charge in [-0.1, -0.05) is 13.8 Å². The van der Waals surface area contributed by atoms with E-state index in [1.165, 1.54) is 0 Å². The summed E-state index contributed by atoms with van der Waals surface area (Å²) < 4.78 is 10.7. The van der Waals surface area contributed by atoms with Gasteiger partial charge < -0.3 is 14.6 Å². The predicted octanol–water partition coefficient (Wildman–Crippen LogP) is 3.35. The van der Waals surface area contributed by atoms with E-state index in [1.807, 2.05) is 18.2 Å². The van der Waals surface area contributed by atoms with Gasteiger partial charge in [-0.05, 0) is 49.3 Å². The summed E-state index contributed by atoms with van der Waals surface area (Å²) in [6.07, 6.45) is 2.86. The minimum Gasteiger partial charge on any atom is -0.497 e. The highest BCUT2D eigenvalue weighted by Crippen LogP contribution is 2.47. The van der Waals surface area contributed by atoms with Crippen molar-refractivity contribution in [2.45, 2.75) is 38.7 Å². The zero-order valence-corrected chi connectivity index (χ0v) is 12.3. The Labute approximate surface area is 115 Å². The first-order valence-corrected chi connectivity index (χ1v) is 6.96. The van der Waals surface area contributed by atoms with Gasteiger partial charge in [-0.3, -0.25) is 0 Å². The molecule has 1 aliphatic rings. The van der Waals surface area contributed by atoms with E-state index in [9.17, 15) is 5.11 Å². The fourth-order valence-electron chi connectivity index (χ4n) is 3.18. The van der Waals surface area contributed by atoms with Crippen molar-refractivity contribution in [3.05, 3.63) is 23.8 Å². The second kappa shape index (κ2) is 5.41. The molecule has 0 aromatic heterocycles. The molecule has 3 heteroatoms. The average molecular weight is 264 g/mol. The standard InChI is InChI=1S/C16H24O3/c1-11-7-8-16(17,12(2)9-11)14-10-13(18-3)5-6-15(14)19-4/h5-6,10-12,17H,7-9H2,1-4H3. The van der Waals surface area contributed by atoms with Crippen LogP contribution in [-0.4, -0.2) is 19.3 Å². The van der Waals surface area contributed by atoms with Crippen LogP contribution in [0.5, 0.6) is 11.5 Å². The molecule has 0 radical (unpaired) electrons. The number of hydrogen-bond acceptors (Lipinski definition) is 3. The lowest BCUT2D eigenvalue weighted by atomic mass is 9.69. The summed E-state index contributed by atoms with van der Waals surface area (Å²) in [4.78, 5) is 0. The molecule has 106 valence electrons. The third kappa shape index (κ3) is 2.57. The van der Waals surface area contributed by atoms with Crippen LogP contribution in [0.2, 0.25) is 0 Å². The van der Waals surface area contributed by atoms with Gasteiger partial charge in [-0.15, -0.1) is 0 Å². The third-order valence-corrected chi connectivity index (χ3v) is 4.46. The van der Waals surface area contributed by atoms with Crippen LogP contribution in [-0.2, 0) is 5.60 Å². The maximum absolute atomic E-state index is 11.1. The van der Waals surface area contributed by atoms with Crippen LogP contribution in [0.4, 0.5) is 0 Å². The van der Waals surface area contributed by atoms with Crippen LogP contribution in [0.25, 0.3) is 0 Å². The molecule has 0 saturated heterocycles. The lowest BCUT2D eigenvalue weighted by Crippen LogP contribution is -2.38. The Morgan fingerprint density at radius 1 is 1.21 bits per heavy atom. The SMILES string of the molecule is COc1ccc(OC)c(C2(O)CCC(C)CC2C)c1. The van der Waals surface area contributed by atoms with Crippen molar-refractivity contribution in [2.24, 2.45) is 11.8 Å². The van der Waals surface area contributed by atoms with Gasteiger partial charge >= 0.3 is 0 Å². The van der Waals surface area contributed by atoms with Crippen molar-refractivity contribution >= 4 is 0 Å². The largest absolute Gasteiger partial charge is 0.497 e. The van der Waals surface area contributed by atoms with E-state index in [2.05, 4.69) is 13.8 Å². The van der Waals surface area contributed by atoms with Gasteiger partial charge in [-0.25, -0.2) is 0 Å². The molecule has 1 N–H and O–H groups in total. The van der Waals surface area contributed by atoms with Crippen LogP contribution in [0, 0.1) is 11.8 Å². The van der Waals surface area contributed by atoms with E-state index >= 15 is 0 Å². The molecule has 0 bridgehead atoms. The van der Waals surface area contributed by atoms with Crippen LogP contribution < -0.4 is 9.47 Å². The Morgan fingerprint density at radius 2 is 1.95 bits per heavy atom. The Kier molecular flexibility index (Phi) is 4.04. The molecule has 1 aliphatic carbocycles. The van der Waals surface area contributed by atoms with Crippen LogP contribution in [0.1, 0.15) is 38.7 Å². The molecule has 2 rings (SSSR count). The lowest BCUT2D eigenvalue weighted by Gasteiger charge is -2.41. The minimum atomic E-state index is -0.813. The zero-order chi connectivity index (χ0) is 14.0. The van der Waals surface area contributed by atoms with Crippen molar-refractivity contribution in [1.29, 1.82) is 0 Å². The Hall–Kier alpha value is -1.22. The van der Waals surface area contributed by atoms with Gasteiger partial charge in [0.15, 0.2) is 0 Å². The number of benzene rings is 1.